The molecule has 1 spiro atoms. The molecule has 202 valence electrons. The highest BCUT2D eigenvalue weighted by molar-refractivity contribution is 5.96. The van der Waals surface area contributed by atoms with Gasteiger partial charge in [0.15, 0.2) is 29.6 Å². The Balaban J connectivity index is 1.23. The van der Waals surface area contributed by atoms with Crippen LogP contribution in [0.15, 0.2) is 53.5 Å². The van der Waals surface area contributed by atoms with E-state index in [0.717, 1.165) is 18.8 Å². The van der Waals surface area contributed by atoms with Crippen molar-refractivity contribution in [2.75, 3.05) is 37.0 Å². The van der Waals surface area contributed by atoms with Gasteiger partial charge in [-0.1, -0.05) is 18.2 Å². The van der Waals surface area contributed by atoms with E-state index in [1.807, 2.05) is 12.2 Å². The molecule has 11 nitrogen and oxygen atoms in total. The van der Waals surface area contributed by atoms with Gasteiger partial charge >= 0.3 is 0 Å². The number of carbonyl (C=O) groups excluding carboxylic acids is 1. The third-order valence-electron chi connectivity index (χ3n) is 8.39. The lowest BCUT2D eigenvalue weighted by atomic mass is 9.87. The molecule has 4 aromatic rings. The van der Waals surface area contributed by atoms with Crippen molar-refractivity contribution < 1.29 is 9.53 Å². The van der Waals surface area contributed by atoms with E-state index in [1.54, 1.807) is 32.6 Å². The van der Waals surface area contributed by atoms with Gasteiger partial charge in [0.25, 0.3) is 11.5 Å². The largest absolute Gasteiger partial charge is 0.480 e. The van der Waals surface area contributed by atoms with Crippen molar-refractivity contribution in [2.24, 2.45) is 0 Å². The van der Waals surface area contributed by atoms with Gasteiger partial charge in [0.1, 0.15) is 5.39 Å². The zero-order valence-electron chi connectivity index (χ0n) is 22.1. The predicted molar refractivity (Wildman–Crippen MR) is 149 cm³/mol. The Hall–Kier alpha value is -4.51. The molecule has 0 unspecified atom stereocenters. The highest BCUT2D eigenvalue weighted by Crippen LogP contribution is 2.52. The summed E-state index contributed by atoms with van der Waals surface area (Å²) in [6.07, 6.45) is 8.60. The van der Waals surface area contributed by atoms with Crippen LogP contribution in [0.4, 0.5) is 17.5 Å². The molecule has 11 heteroatoms. The minimum absolute atomic E-state index is 0.0167. The van der Waals surface area contributed by atoms with Crippen LogP contribution in [0.1, 0.15) is 30.4 Å². The first kappa shape index (κ1) is 23.4. The van der Waals surface area contributed by atoms with Gasteiger partial charge < -0.3 is 15.0 Å². The van der Waals surface area contributed by atoms with Crippen LogP contribution in [-0.4, -0.2) is 61.9 Å². The van der Waals surface area contributed by atoms with E-state index >= 15 is 0 Å². The van der Waals surface area contributed by atoms with Gasteiger partial charge in [-0.25, -0.2) is 19.3 Å². The van der Waals surface area contributed by atoms with E-state index in [9.17, 15) is 9.59 Å². The summed E-state index contributed by atoms with van der Waals surface area (Å²) in [6, 6.07) is 10.1. The number of hydrogen-bond donors (Lipinski definition) is 1. The van der Waals surface area contributed by atoms with Crippen molar-refractivity contribution in [1.29, 1.82) is 0 Å². The summed E-state index contributed by atoms with van der Waals surface area (Å²) in [5.41, 5.74) is 4.24. The number of nitrogens with one attached hydrogen (secondary N) is 1. The molecule has 1 aliphatic carbocycles. The molecule has 0 radical (unpaired) electrons. The molecule has 8 rings (SSSR count). The van der Waals surface area contributed by atoms with Gasteiger partial charge in [0, 0.05) is 36.9 Å². The Morgan fingerprint density at radius 1 is 1.07 bits per heavy atom. The number of rotatable bonds is 2. The molecule has 1 amide bonds. The van der Waals surface area contributed by atoms with Crippen molar-refractivity contribution in [3.05, 3.63) is 70.2 Å². The van der Waals surface area contributed by atoms with Crippen molar-refractivity contribution in [2.45, 2.75) is 37.8 Å². The van der Waals surface area contributed by atoms with Gasteiger partial charge in [0.2, 0.25) is 5.95 Å². The number of ether oxygens (including phenoxy) is 1. The quantitative estimate of drug-likeness (QED) is 0.390. The topological polar surface area (TPSA) is 110 Å². The monoisotopic (exact) mass is 536 g/mol. The third kappa shape index (κ3) is 3.57. The van der Waals surface area contributed by atoms with Crippen molar-refractivity contribution in [3.8, 4) is 11.6 Å². The molecule has 4 aliphatic rings. The van der Waals surface area contributed by atoms with E-state index in [1.165, 1.54) is 24.0 Å². The number of allylic oxidation sites excluding steroid dienone is 1. The summed E-state index contributed by atoms with van der Waals surface area (Å²) >= 11 is 0. The number of benzene rings is 1. The smallest absolute Gasteiger partial charge is 0.278 e. The van der Waals surface area contributed by atoms with Crippen LogP contribution in [0.2, 0.25) is 0 Å². The van der Waals surface area contributed by atoms with Crippen LogP contribution >= 0.6 is 0 Å². The summed E-state index contributed by atoms with van der Waals surface area (Å²) in [5, 5.41) is 3.75. The van der Waals surface area contributed by atoms with Crippen LogP contribution in [0, 0.1) is 0 Å². The zero-order chi connectivity index (χ0) is 27.0. The van der Waals surface area contributed by atoms with E-state index in [2.05, 4.69) is 40.4 Å². The molecule has 3 aliphatic heterocycles. The number of pyridine rings is 1. The molecule has 1 aromatic carbocycles. The van der Waals surface area contributed by atoms with E-state index in [-0.39, 0.29) is 18.1 Å². The fourth-order valence-corrected chi connectivity index (χ4v) is 6.37. The summed E-state index contributed by atoms with van der Waals surface area (Å²) in [6.45, 7) is 2.83. The number of anilines is 3. The number of aromatic nitrogens is 5. The first-order valence-corrected chi connectivity index (χ1v) is 13.7. The average molecular weight is 537 g/mol. The number of carbonyl (C=O) groups is 1. The number of nitrogens with zero attached hydrogens (tertiary/aromatic N) is 7. The third-order valence-corrected chi connectivity index (χ3v) is 8.39. The van der Waals surface area contributed by atoms with Crippen LogP contribution in [0.5, 0.6) is 5.75 Å². The van der Waals surface area contributed by atoms with Crippen LogP contribution in [-0.2, 0) is 23.3 Å². The van der Waals surface area contributed by atoms with Crippen LogP contribution < -0.4 is 20.5 Å². The van der Waals surface area contributed by atoms with Crippen molar-refractivity contribution in [3.63, 3.8) is 0 Å². The van der Waals surface area contributed by atoms with Crippen LogP contribution in [0.25, 0.3) is 16.9 Å². The number of fused-ring (bicyclic) bond motifs is 7. The fraction of sp³-hybridized carbons (Fsp3) is 0.345. The summed E-state index contributed by atoms with van der Waals surface area (Å²) in [7, 11) is 2.18. The lowest BCUT2D eigenvalue weighted by molar-refractivity contribution is -0.121. The average Bonchev–Trinajstić information content (AvgIpc) is 3.65. The Labute approximate surface area is 229 Å². The van der Waals surface area contributed by atoms with E-state index in [4.69, 9.17) is 14.7 Å². The summed E-state index contributed by atoms with van der Waals surface area (Å²) in [4.78, 5) is 44.2. The maximum atomic E-state index is 13.5. The first-order valence-electron chi connectivity index (χ1n) is 13.7. The van der Waals surface area contributed by atoms with Crippen LogP contribution in [0.3, 0.4) is 0 Å². The second kappa shape index (κ2) is 8.49. The zero-order valence-corrected chi connectivity index (χ0v) is 22.1. The molecule has 0 atom stereocenters. The normalized spacial score (nSPS) is 19.1. The van der Waals surface area contributed by atoms with Gasteiger partial charge in [-0.15, -0.1) is 0 Å². The van der Waals surface area contributed by atoms with E-state index in [0.29, 0.717) is 59.3 Å². The molecular formula is C29H28N8O3. The molecule has 3 aromatic heterocycles. The predicted octanol–water partition coefficient (Wildman–Crippen LogP) is 2.88. The SMILES string of the molecule is CN1Cc2cc(Nc3ncc4c(=O)n5n(c4n3)-c3ccc4c(n3)N(CCC=CC5)C(=O)CO4)ccc2C2(CC2)C1. The Kier molecular flexibility index (Phi) is 4.96. The molecule has 2 bridgehead atoms. The lowest BCUT2D eigenvalue weighted by Crippen LogP contribution is -2.40. The molecule has 1 fully saturated rings. The van der Waals surface area contributed by atoms with E-state index < -0.39 is 0 Å². The molecule has 40 heavy (non-hydrogen) atoms. The van der Waals surface area contributed by atoms with Gasteiger partial charge in [-0.3, -0.25) is 14.5 Å². The minimum Gasteiger partial charge on any atom is -0.480 e. The highest BCUT2D eigenvalue weighted by atomic mass is 16.5. The number of hydrogen-bond acceptors (Lipinski definition) is 8. The molecule has 1 N–H and O–H groups in total. The molecule has 6 heterocycles. The summed E-state index contributed by atoms with van der Waals surface area (Å²) in [5.74, 6) is 1.71. The second-order valence-corrected chi connectivity index (χ2v) is 11.2. The van der Waals surface area contributed by atoms with Gasteiger partial charge in [0.05, 0.1) is 6.54 Å². The maximum absolute atomic E-state index is 13.5. The standard InChI is InChI=1S/C29H28N8O3/c1-34-15-18-13-19(5-6-21(18)29(17-34)9-10-29)31-28-30-14-20-25(33-28)37-23-8-7-22-26(32-23)35(24(38)16-40-22)11-3-2-4-12-36(37)27(20)39/h2,4-8,13-14H,3,9-12,15-17H2,1H3,(H,30,31,33). The number of likely N-dealkylation sites (N-methyl/N-ethyl adjacent to an activating group) is 1. The molecular weight excluding hydrogens is 508 g/mol. The fourth-order valence-electron chi connectivity index (χ4n) is 6.37. The Morgan fingerprint density at radius 2 is 1.98 bits per heavy atom. The molecule has 1 saturated carbocycles. The highest BCUT2D eigenvalue weighted by Gasteiger charge is 2.48. The summed E-state index contributed by atoms with van der Waals surface area (Å²) < 4.78 is 8.94. The maximum Gasteiger partial charge on any atom is 0.278 e. The Bertz CT molecular complexity index is 1800. The Morgan fingerprint density at radius 3 is 2.85 bits per heavy atom. The van der Waals surface area contributed by atoms with Gasteiger partial charge in [-0.05, 0) is 61.7 Å². The minimum atomic E-state index is -0.208. The first-order chi connectivity index (χ1) is 19.5. The van der Waals surface area contributed by atoms with Gasteiger partial charge in [-0.2, -0.15) is 4.98 Å². The van der Waals surface area contributed by atoms with Crippen molar-refractivity contribution >= 4 is 34.4 Å². The second-order valence-electron chi connectivity index (χ2n) is 11.2. The van der Waals surface area contributed by atoms with Crippen molar-refractivity contribution in [1.82, 2.24) is 29.2 Å². The molecule has 0 saturated heterocycles. The lowest BCUT2D eigenvalue weighted by Gasteiger charge is -2.32. The number of amides is 1.